The van der Waals surface area contributed by atoms with Gasteiger partial charge in [0.15, 0.2) is 5.75 Å². The second-order valence-corrected chi connectivity index (χ2v) is 7.07. The number of nitro benzene ring substituents is 1. The summed E-state index contributed by atoms with van der Waals surface area (Å²) < 4.78 is 21.4. The molecule has 0 aromatic heterocycles. The van der Waals surface area contributed by atoms with E-state index in [2.05, 4.69) is 0 Å². The van der Waals surface area contributed by atoms with Crippen molar-refractivity contribution in [2.75, 3.05) is 6.61 Å². The Kier molecular flexibility index (Phi) is 6.24. The number of nitro groups is 1. The molecule has 1 heterocycles. The van der Waals surface area contributed by atoms with Crippen LogP contribution in [0.2, 0.25) is 0 Å². The van der Waals surface area contributed by atoms with Crippen LogP contribution in [0.5, 0.6) is 11.5 Å². The van der Waals surface area contributed by atoms with Gasteiger partial charge in [-0.2, -0.15) is 0 Å². The maximum absolute atomic E-state index is 12.2. The van der Waals surface area contributed by atoms with Crippen molar-refractivity contribution < 1.29 is 33.5 Å². The van der Waals surface area contributed by atoms with Crippen LogP contribution < -0.4 is 9.47 Å². The van der Waals surface area contributed by atoms with Crippen molar-refractivity contribution in [2.45, 2.75) is 33.2 Å². The maximum atomic E-state index is 12.2. The zero-order valence-electron chi connectivity index (χ0n) is 17.2. The van der Waals surface area contributed by atoms with E-state index in [4.69, 9.17) is 18.9 Å². The molecular weight excluding hydrogens is 406 g/mol. The first-order valence-electron chi connectivity index (χ1n) is 9.50. The number of rotatable bonds is 7. The van der Waals surface area contributed by atoms with Crippen molar-refractivity contribution in [3.63, 3.8) is 0 Å². The quantitative estimate of drug-likeness (QED) is 0.216. The third kappa shape index (κ3) is 5.19. The highest BCUT2D eigenvalue weighted by molar-refractivity contribution is 6.18. The fourth-order valence-corrected chi connectivity index (χ4v) is 2.91. The Morgan fingerprint density at radius 3 is 2.29 bits per heavy atom. The van der Waals surface area contributed by atoms with Gasteiger partial charge in [0.1, 0.15) is 12.2 Å². The third-order valence-corrected chi connectivity index (χ3v) is 4.21. The molecule has 0 N–H and O–H groups in total. The minimum absolute atomic E-state index is 0.0483. The molecule has 2 aromatic rings. The first kappa shape index (κ1) is 21.8. The molecule has 3 rings (SSSR count). The summed E-state index contributed by atoms with van der Waals surface area (Å²) in [7, 11) is 0. The number of benzene rings is 2. The highest BCUT2D eigenvalue weighted by Crippen LogP contribution is 2.40. The molecule has 0 atom stereocenters. The third-order valence-electron chi connectivity index (χ3n) is 4.21. The van der Waals surface area contributed by atoms with Crippen LogP contribution >= 0.6 is 0 Å². The lowest BCUT2D eigenvalue weighted by atomic mass is 10.1. The van der Waals surface area contributed by atoms with E-state index in [0.717, 1.165) is 11.6 Å². The molecule has 0 saturated carbocycles. The van der Waals surface area contributed by atoms with E-state index in [1.54, 1.807) is 6.92 Å². The summed E-state index contributed by atoms with van der Waals surface area (Å²) in [5.41, 5.74) is 0.257. The largest absolute Gasteiger partial charge is 0.490 e. The first-order chi connectivity index (χ1) is 14.7. The van der Waals surface area contributed by atoms with Crippen LogP contribution in [0.3, 0.4) is 0 Å². The first-order valence-corrected chi connectivity index (χ1v) is 9.50. The molecule has 31 heavy (non-hydrogen) atoms. The summed E-state index contributed by atoms with van der Waals surface area (Å²) in [4.78, 5) is 35.5. The van der Waals surface area contributed by atoms with Crippen LogP contribution in [-0.2, 0) is 25.7 Å². The second-order valence-electron chi connectivity index (χ2n) is 7.07. The number of carbonyl (C=O) groups is 2. The predicted molar refractivity (Wildman–Crippen MR) is 109 cm³/mol. The van der Waals surface area contributed by atoms with Gasteiger partial charge in [0, 0.05) is 19.9 Å². The molecule has 1 fully saturated rings. The highest BCUT2D eigenvalue weighted by atomic mass is 16.7. The van der Waals surface area contributed by atoms with Crippen LogP contribution in [-0.4, -0.2) is 29.3 Å². The number of carbonyl (C=O) groups excluding carboxylic acids is 2. The summed E-state index contributed by atoms with van der Waals surface area (Å²) in [6.45, 7) is 4.88. The van der Waals surface area contributed by atoms with Crippen LogP contribution in [0.1, 0.15) is 31.9 Å². The molecule has 9 nitrogen and oxygen atoms in total. The molecule has 1 aliphatic heterocycles. The number of nitrogens with zero attached hydrogens (tertiary/aromatic N) is 1. The Labute approximate surface area is 178 Å². The van der Waals surface area contributed by atoms with Gasteiger partial charge in [-0.15, -0.1) is 0 Å². The van der Waals surface area contributed by atoms with E-state index in [1.807, 2.05) is 30.3 Å². The number of cyclic esters (lactones) is 2. The minimum atomic E-state index is -1.39. The van der Waals surface area contributed by atoms with E-state index in [-0.39, 0.29) is 41.5 Å². The Bertz CT molecular complexity index is 1020. The fourth-order valence-electron chi connectivity index (χ4n) is 2.91. The van der Waals surface area contributed by atoms with Crippen molar-refractivity contribution in [3.8, 4) is 11.5 Å². The Balaban J connectivity index is 2.00. The van der Waals surface area contributed by atoms with E-state index in [9.17, 15) is 19.7 Å². The molecule has 0 amide bonds. The smallest absolute Gasteiger partial charge is 0.348 e. The van der Waals surface area contributed by atoms with Crippen molar-refractivity contribution in [1.29, 1.82) is 0 Å². The van der Waals surface area contributed by atoms with Crippen LogP contribution in [0.25, 0.3) is 6.08 Å². The molecule has 0 bridgehead atoms. The normalized spacial score (nSPS) is 15.0. The van der Waals surface area contributed by atoms with Gasteiger partial charge in [-0.3, -0.25) is 10.1 Å². The van der Waals surface area contributed by atoms with Crippen LogP contribution in [0.4, 0.5) is 5.69 Å². The van der Waals surface area contributed by atoms with E-state index < -0.39 is 22.6 Å². The molecule has 0 spiro atoms. The molecule has 1 saturated heterocycles. The Morgan fingerprint density at radius 1 is 1.06 bits per heavy atom. The van der Waals surface area contributed by atoms with E-state index in [1.165, 1.54) is 26.0 Å². The van der Waals surface area contributed by atoms with Gasteiger partial charge in [-0.05, 0) is 30.2 Å². The topological polar surface area (TPSA) is 114 Å². The lowest BCUT2D eigenvalue weighted by Gasteiger charge is -2.29. The van der Waals surface area contributed by atoms with Crippen molar-refractivity contribution in [2.24, 2.45) is 0 Å². The summed E-state index contributed by atoms with van der Waals surface area (Å²) in [6, 6.07) is 11.8. The van der Waals surface area contributed by atoms with Gasteiger partial charge in [-0.1, -0.05) is 30.3 Å². The SMILES string of the molecule is CCOc1cc(C=C2C(=O)OC(C)(C)OC2=O)cc([N+](=O)[O-])c1OCc1ccccc1. The van der Waals surface area contributed by atoms with Gasteiger partial charge in [-0.25, -0.2) is 9.59 Å². The number of hydrogen-bond donors (Lipinski definition) is 0. The molecule has 0 radical (unpaired) electrons. The molecule has 0 aliphatic carbocycles. The molecule has 1 aliphatic rings. The lowest BCUT2D eigenvalue weighted by molar-refractivity contribution is -0.386. The number of ether oxygens (including phenoxy) is 4. The Morgan fingerprint density at radius 2 is 1.71 bits per heavy atom. The summed E-state index contributed by atoms with van der Waals surface area (Å²) in [6.07, 6.45) is 1.16. The maximum Gasteiger partial charge on any atom is 0.348 e. The van der Waals surface area contributed by atoms with E-state index in [0.29, 0.717) is 0 Å². The second kappa shape index (κ2) is 8.86. The van der Waals surface area contributed by atoms with Crippen molar-refractivity contribution >= 4 is 23.7 Å². The van der Waals surface area contributed by atoms with Crippen LogP contribution in [0.15, 0.2) is 48.0 Å². The highest BCUT2D eigenvalue weighted by Gasteiger charge is 2.39. The van der Waals surface area contributed by atoms with Crippen molar-refractivity contribution in [1.82, 2.24) is 0 Å². The van der Waals surface area contributed by atoms with Gasteiger partial charge < -0.3 is 18.9 Å². The van der Waals surface area contributed by atoms with E-state index >= 15 is 0 Å². The summed E-state index contributed by atoms with van der Waals surface area (Å²) >= 11 is 0. The number of hydrogen-bond acceptors (Lipinski definition) is 8. The monoisotopic (exact) mass is 427 g/mol. The van der Waals surface area contributed by atoms with Gasteiger partial charge >= 0.3 is 17.6 Å². The number of esters is 2. The average molecular weight is 427 g/mol. The average Bonchev–Trinajstić information content (AvgIpc) is 2.70. The molecule has 2 aromatic carbocycles. The predicted octanol–water partition coefficient (Wildman–Crippen LogP) is 3.79. The van der Waals surface area contributed by atoms with Gasteiger partial charge in [0.25, 0.3) is 5.79 Å². The Hall–Kier alpha value is -3.88. The van der Waals surface area contributed by atoms with Gasteiger partial charge in [0.2, 0.25) is 5.75 Å². The summed E-state index contributed by atoms with van der Waals surface area (Å²) in [5, 5.41) is 11.7. The zero-order chi connectivity index (χ0) is 22.6. The minimum Gasteiger partial charge on any atom is -0.490 e. The standard InChI is InChI=1S/C22H21NO8/c1-4-28-18-12-15(10-16-20(24)30-22(2,3)31-21(16)25)11-17(23(26)27)19(18)29-13-14-8-6-5-7-9-14/h5-12H,4,13H2,1-3H3. The molecule has 162 valence electrons. The lowest BCUT2D eigenvalue weighted by Crippen LogP contribution is -2.41. The molecule has 0 unspecified atom stereocenters. The van der Waals surface area contributed by atoms with Crippen molar-refractivity contribution in [3.05, 3.63) is 69.3 Å². The van der Waals surface area contributed by atoms with Gasteiger partial charge in [0.05, 0.1) is 11.5 Å². The molecular formula is C22H21NO8. The summed E-state index contributed by atoms with van der Waals surface area (Å²) in [5.74, 6) is -3.09. The fraction of sp³-hybridized carbons (Fsp3) is 0.273. The van der Waals surface area contributed by atoms with Crippen LogP contribution in [0, 0.1) is 10.1 Å². The zero-order valence-corrected chi connectivity index (χ0v) is 17.2. The molecule has 9 heteroatoms.